The van der Waals surface area contributed by atoms with Gasteiger partial charge in [-0.3, -0.25) is 14.4 Å². The van der Waals surface area contributed by atoms with Gasteiger partial charge in [-0.1, -0.05) is 30.3 Å². The largest absolute Gasteiger partial charge is 0.325 e. The smallest absolute Gasteiger partial charge is 0.242 e. The maximum Gasteiger partial charge on any atom is 0.242 e. The first-order valence-electron chi connectivity index (χ1n) is 9.13. The fourth-order valence-corrected chi connectivity index (χ4v) is 3.28. The van der Waals surface area contributed by atoms with Gasteiger partial charge >= 0.3 is 0 Å². The molecule has 5 nitrogen and oxygen atoms in total. The lowest BCUT2D eigenvalue weighted by molar-refractivity contribution is -0.136. The first-order valence-corrected chi connectivity index (χ1v) is 9.13. The Balaban J connectivity index is 1.81. The van der Waals surface area contributed by atoms with Gasteiger partial charge in [0.2, 0.25) is 11.8 Å². The average Bonchev–Trinajstić information content (AvgIpc) is 2.67. The zero-order valence-corrected chi connectivity index (χ0v) is 15.9. The van der Waals surface area contributed by atoms with Crippen LogP contribution in [0.5, 0.6) is 0 Å². The van der Waals surface area contributed by atoms with Crippen LogP contribution in [0, 0.1) is 5.41 Å². The number of carbonyl (C=O) groups is 3. The van der Waals surface area contributed by atoms with E-state index in [1.807, 2.05) is 24.3 Å². The number of benzene rings is 2. The number of aryl methyl sites for hydroxylation is 1. The molecule has 3 rings (SSSR count). The van der Waals surface area contributed by atoms with E-state index in [9.17, 15) is 14.4 Å². The molecular formula is C22H24N2O3. The van der Waals surface area contributed by atoms with Crippen molar-refractivity contribution in [2.45, 2.75) is 33.6 Å². The van der Waals surface area contributed by atoms with Crippen LogP contribution in [0.25, 0.3) is 0 Å². The SMILES string of the molecule is CC(=O)c1cccc(NC(=O)C(C)(C)C(=O)N2CCCc3ccccc32)c1. The highest BCUT2D eigenvalue weighted by Gasteiger charge is 2.40. The van der Waals surface area contributed by atoms with Gasteiger partial charge in [-0.05, 0) is 57.4 Å². The van der Waals surface area contributed by atoms with Crippen LogP contribution < -0.4 is 10.2 Å². The summed E-state index contributed by atoms with van der Waals surface area (Å²) in [6.45, 7) is 5.35. The van der Waals surface area contributed by atoms with E-state index >= 15 is 0 Å². The van der Waals surface area contributed by atoms with Crippen molar-refractivity contribution in [3.63, 3.8) is 0 Å². The maximum atomic E-state index is 13.2. The van der Waals surface area contributed by atoms with Crippen LogP contribution in [0.1, 0.15) is 43.1 Å². The number of hydrogen-bond donors (Lipinski definition) is 1. The van der Waals surface area contributed by atoms with E-state index in [1.165, 1.54) is 6.92 Å². The quantitative estimate of drug-likeness (QED) is 0.662. The zero-order chi connectivity index (χ0) is 19.6. The highest BCUT2D eigenvalue weighted by Crippen LogP contribution is 2.31. The Bertz CT molecular complexity index is 902. The van der Waals surface area contributed by atoms with Crippen molar-refractivity contribution in [2.75, 3.05) is 16.8 Å². The predicted molar refractivity (Wildman–Crippen MR) is 106 cm³/mol. The molecule has 0 spiro atoms. The molecule has 0 radical (unpaired) electrons. The van der Waals surface area contributed by atoms with Crippen molar-refractivity contribution < 1.29 is 14.4 Å². The van der Waals surface area contributed by atoms with E-state index in [0.717, 1.165) is 24.1 Å². The number of para-hydroxylation sites is 1. The molecule has 0 saturated heterocycles. The number of hydrogen-bond acceptors (Lipinski definition) is 3. The summed E-state index contributed by atoms with van der Waals surface area (Å²) in [4.78, 5) is 39.3. The summed E-state index contributed by atoms with van der Waals surface area (Å²) in [5, 5.41) is 2.78. The fourth-order valence-electron chi connectivity index (χ4n) is 3.28. The molecule has 1 aliphatic rings. The molecule has 0 bridgehead atoms. The predicted octanol–water partition coefficient (Wildman–Crippen LogP) is 3.83. The molecule has 2 aromatic carbocycles. The van der Waals surface area contributed by atoms with Crippen LogP contribution in [0.4, 0.5) is 11.4 Å². The number of Topliss-reactive ketones (excluding diaryl/α,β-unsaturated/α-hetero) is 1. The molecule has 2 aromatic rings. The lowest BCUT2D eigenvalue weighted by Crippen LogP contribution is -2.49. The minimum absolute atomic E-state index is 0.0774. The van der Waals surface area contributed by atoms with Gasteiger partial charge in [0.05, 0.1) is 0 Å². The van der Waals surface area contributed by atoms with Crippen molar-refractivity contribution in [3.05, 3.63) is 59.7 Å². The Labute approximate surface area is 159 Å². The summed E-state index contributed by atoms with van der Waals surface area (Å²) in [6, 6.07) is 14.6. The topological polar surface area (TPSA) is 66.5 Å². The van der Waals surface area contributed by atoms with Crippen molar-refractivity contribution >= 4 is 29.0 Å². The Kier molecular flexibility index (Phi) is 5.13. The van der Waals surface area contributed by atoms with Gasteiger partial charge in [0.15, 0.2) is 5.78 Å². The first-order chi connectivity index (χ1) is 12.8. The number of rotatable bonds is 4. The molecule has 0 aromatic heterocycles. The molecular weight excluding hydrogens is 340 g/mol. The second-order valence-electron chi connectivity index (χ2n) is 7.41. The van der Waals surface area contributed by atoms with Crippen LogP contribution in [-0.4, -0.2) is 24.1 Å². The molecule has 0 unspecified atom stereocenters. The number of anilines is 2. The van der Waals surface area contributed by atoms with Gasteiger partial charge in [-0.15, -0.1) is 0 Å². The van der Waals surface area contributed by atoms with Gasteiger partial charge in [0.25, 0.3) is 0 Å². The minimum Gasteiger partial charge on any atom is -0.325 e. The number of fused-ring (bicyclic) bond motifs is 1. The van der Waals surface area contributed by atoms with E-state index in [0.29, 0.717) is 17.8 Å². The third-order valence-corrected chi connectivity index (χ3v) is 4.98. The summed E-state index contributed by atoms with van der Waals surface area (Å²) in [5.74, 6) is -0.697. The number of amides is 2. The van der Waals surface area contributed by atoms with Crippen LogP contribution >= 0.6 is 0 Å². The van der Waals surface area contributed by atoms with E-state index in [1.54, 1.807) is 43.0 Å². The molecule has 0 atom stereocenters. The van der Waals surface area contributed by atoms with Crippen molar-refractivity contribution in [1.29, 1.82) is 0 Å². The lowest BCUT2D eigenvalue weighted by Gasteiger charge is -2.35. The van der Waals surface area contributed by atoms with Crippen molar-refractivity contribution in [3.8, 4) is 0 Å². The van der Waals surface area contributed by atoms with Crippen LogP contribution in [0.15, 0.2) is 48.5 Å². The van der Waals surface area contributed by atoms with Crippen LogP contribution in [0.2, 0.25) is 0 Å². The Morgan fingerprint density at radius 2 is 1.78 bits per heavy atom. The number of nitrogens with zero attached hydrogens (tertiary/aromatic N) is 1. The molecule has 1 N–H and O–H groups in total. The zero-order valence-electron chi connectivity index (χ0n) is 15.9. The molecule has 0 fully saturated rings. The molecule has 2 amide bonds. The Morgan fingerprint density at radius 3 is 2.52 bits per heavy atom. The van der Waals surface area contributed by atoms with Gasteiger partial charge in [0, 0.05) is 23.5 Å². The summed E-state index contributed by atoms with van der Waals surface area (Å²) >= 11 is 0. The van der Waals surface area contributed by atoms with Gasteiger partial charge in [-0.2, -0.15) is 0 Å². The third kappa shape index (κ3) is 3.77. The summed E-state index contributed by atoms with van der Waals surface area (Å²) < 4.78 is 0. The second kappa shape index (κ2) is 7.35. The van der Waals surface area contributed by atoms with Gasteiger partial charge < -0.3 is 10.2 Å². The van der Waals surface area contributed by atoms with Gasteiger partial charge in [-0.25, -0.2) is 0 Å². The van der Waals surface area contributed by atoms with E-state index in [2.05, 4.69) is 5.32 Å². The number of carbonyl (C=O) groups excluding carboxylic acids is 3. The molecule has 0 saturated carbocycles. The molecule has 5 heteroatoms. The number of ketones is 1. The second-order valence-corrected chi connectivity index (χ2v) is 7.41. The standard InChI is InChI=1S/C22H24N2O3/c1-15(25)17-9-6-11-18(14-17)23-20(26)22(2,3)21(27)24-13-7-10-16-8-4-5-12-19(16)24/h4-6,8-9,11-12,14H,7,10,13H2,1-3H3,(H,23,26). The minimum atomic E-state index is -1.24. The van der Waals surface area contributed by atoms with E-state index in [4.69, 9.17) is 0 Å². The third-order valence-electron chi connectivity index (χ3n) is 4.98. The van der Waals surface area contributed by atoms with E-state index in [-0.39, 0.29) is 11.7 Å². The molecule has 27 heavy (non-hydrogen) atoms. The normalized spacial score (nSPS) is 13.7. The fraction of sp³-hybridized carbons (Fsp3) is 0.318. The molecule has 1 aliphatic heterocycles. The monoisotopic (exact) mass is 364 g/mol. The van der Waals surface area contributed by atoms with Crippen LogP contribution in [-0.2, 0) is 16.0 Å². The summed E-state index contributed by atoms with van der Waals surface area (Å²) in [7, 11) is 0. The highest BCUT2D eigenvalue weighted by atomic mass is 16.2. The summed E-state index contributed by atoms with van der Waals surface area (Å²) in [5.41, 5.74) is 1.79. The van der Waals surface area contributed by atoms with Crippen molar-refractivity contribution in [2.24, 2.45) is 5.41 Å². The molecule has 0 aliphatic carbocycles. The molecule has 140 valence electrons. The maximum absolute atomic E-state index is 13.2. The molecule has 1 heterocycles. The highest BCUT2D eigenvalue weighted by molar-refractivity contribution is 6.15. The van der Waals surface area contributed by atoms with E-state index < -0.39 is 11.3 Å². The number of nitrogens with one attached hydrogen (secondary N) is 1. The first kappa shape index (κ1) is 18.8. The van der Waals surface area contributed by atoms with Gasteiger partial charge in [0.1, 0.15) is 5.41 Å². The average molecular weight is 364 g/mol. The lowest BCUT2D eigenvalue weighted by atomic mass is 9.88. The summed E-state index contributed by atoms with van der Waals surface area (Å²) in [6.07, 6.45) is 1.81. The van der Waals surface area contributed by atoms with Crippen LogP contribution in [0.3, 0.4) is 0 Å². The Hall–Kier alpha value is -2.95. The Morgan fingerprint density at radius 1 is 1.04 bits per heavy atom. The van der Waals surface area contributed by atoms with Crippen molar-refractivity contribution in [1.82, 2.24) is 0 Å².